The third kappa shape index (κ3) is 3.07. The molecule has 3 rings (SSSR count). The van der Waals surface area contributed by atoms with Crippen molar-refractivity contribution in [3.05, 3.63) is 18.4 Å². The summed E-state index contributed by atoms with van der Waals surface area (Å²) in [6.07, 6.45) is 2.63. The Morgan fingerprint density at radius 3 is 3.00 bits per heavy atom. The van der Waals surface area contributed by atoms with Crippen LogP contribution in [0.2, 0.25) is 0 Å². The Morgan fingerprint density at radius 1 is 1.43 bits per heavy atom. The summed E-state index contributed by atoms with van der Waals surface area (Å²) < 4.78 is 5.26. The van der Waals surface area contributed by atoms with E-state index in [9.17, 15) is 4.79 Å². The normalized spacial score (nSPS) is 22.3. The summed E-state index contributed by atoms with van der Waals surface area (Å²) in [7, 11) is 0. The number of piperidine rings is 1. The van der Waals surface area contributed by atoms with E-state index < -0.39 is 0 Å². The maximum absolute atomic E-state index is 12.2. The first-order valence-corrected chi connectivity index (χ1v) is 7.88. The maximum atomic E-state index is 12.2. The van der Waals surface area contributed by atoms with Crippen LogP contribution < -0.4 is 5.32 Å². The van der Waals surface area contributed by atoms with Crippen LogP contribution >= 0.6 is 11.3 Å². The van der Waals surface area contributed by atoms with E-state index in [0.29, 0.717) is 27.7 Å². The Bertz CT molecular complexity index is 610. The number of urea groups is 1. The van der Waals surface area contributed by atoms with Crippen LogP contribution in [0.15, 0.2) is 22.8 Å². The molecule has 3 heterocycles. The second kappa shape index (κ2) is 5.85. The lowest BCUT2D eigenvalue weighted by molar-refractivity contribution is 0.154. The number of nitrogens with one attached hydrogen (secondary N) is 1. The lowest BCUT2D eigenvalue weighted by atomic mass is 9.89. The van der Waals surface area contributed by atoms with Gasteiger partial charge in [0.2, 0.25) is 5.13 Å². The summed E-state index contributed by atoms with van der Waals surface area (Å²) in [5.74, 6) is 1.85. The molecule has 6 nitrogen and oxygen atoms in total. The summed E-state index contributed by atoms with van der Waals surface area (Å²) in [5.41, 5.74) is 0. The molecule has 1 N–H and O–H groups in total. The number of aromatic nitrogens is 2. The molecule has 0 bridgehead atoms. The standard InChI is InChI=1S/C14H18N4O2S/c1-9-5-6-18(8-10(9)2)14(19)15-13-17-16-12(21-13)11-4-3-7-20-11/h3-4,7,9-10H,5-6,8H2,1-2H3,(H,15,17,19). The van der Waals surface area contributed by atoms with Gasteiger partial charge < -0.3 is 9.32 Å². The number of rotatable bonds is 2. The van der Waals surface area contributed by atoms with Crippen LogP contribution in [0.3, 0.4) is 0 Å². The average molecular weight is 306 g/mol. The van der Waals surface area contributed by atoms with Crippen LogP contribution in [0.4, 0.5) is 9.93 Å². The van der Waals surface area contributed by atoms with Gasteiger partial charge in [-0.1, -0.05) is 25.2 Å². The zero-order chi connectivity index (χ0) is 14.8. The number of nitrogens with zero attached hydrogens (tertiary/aromatic N) is 3. The van der Waals surface area contributed by atoms with E-state index in [4.69, 9.17) is 4.42 Å². The highest BCUT2D eigenvalue weighted by Gasteiger charge is 2.26. The molecule has 7 heteroatoms. The molecule has 2 amide bonds. The molecule has 1 fully saturated rings. The van der Waals surface area contributed by atoms with Gasteiger partial charge in [0.15, 0.2) is 10.8 Å². The molecule has 0 radical (unpaired) electrons. The van der Waals surface area contributed by atoms with Crippen LogP contribution in [0.1, 0.15) is 20.3 Å². The summed E-state index contributed by atoms with van der Waals surface area (Å²) in [6.45, 7) is 6.00. The lowest BCUT2D eigenvalue weighted by Gasteiger charge is -2.34. The number of hydrogen-bond acceptors (Lipinski definition) is 5. The Hall–Kier alpha value is -1.89. The summed E-state index contributed by atoms with van der Waals surface area (Å²) in [6, 6.07) is 3.52. The van der Waals surface area contributed by atoms with E-state index in [0.717, 1.165) is 19.5 Å². The fourth-order valence-electron chi connectivity index (χ4n) is 2.39. The fraction of sp³-hybridized carbons (Fsp3) is 0.500. The van der Waals surface area contributed by atoms with Gasteiger partial charge in [-0.3, -0.25) is 5.32 Å². The van der Waals surface area contributed by atoms with Crippen molar-refractivity contribution < 1.29 is 9.21 Å². The predicted molar refractivity (Wildman–Crippen MR) is 81.1 cm³/mol. The molecule has 0 aliphatic carbocycles. The molecule has 2 aromatic rings. The molecule has 2 atom stereocenters. The molecule has 1 aliphatic rings. The van der Waals surface area contributed by atoms with Gasteiger partial charge >= 0.3 is 6.03 Å². The van der Waals surface area contributed by atoms with Crippen LogP contribution in [-0.2, 0) is 0 Å². The second-order valence-electron chi connectivity index (χ2n) is 5.51. The van der Waals surface area contributed by atoms with Gasteiger partial charge in [-0.25, -0.2) is 4.79 Å². The van der Waals surface area contributed by atoms with E-state index >= 15 is 0 Å². The molecule has 2 aromatic heterocycles. The molecule has 0 aromatic carbocycles. The molecule has 2 unspecified atom stereocenters. The van der Waals surface area contributed by atoms with E-state index in [1.54, 1.807) is 12.3 Å². The Balaban J connectivity index is 1.63. The van der Waals surface area contributed by atoms with Crippen molar-refractivity contribution in [2.75, 3.05) is 18.4 Å². The number of anilines is 1. The van der Waals surface area contributed by atoms with Crippen LogP contribution in [-0.4, -0.2) is 34.2 Å². The summed E-state index contributed by atoms with van der Waals surface area (Å²) in [4.78, 5) is 14.1. The van der Waals surface area contributed by atoms with Gasteiger partial charge in [-0.15, -0.1) is 10.2 Å². The van der Waals surface area contributed by atoms with E-state index in [-0.39, 0.29) is 6.03 Å². The monoisotopic (exact) mass is 306 g/mol. The van der Waals surface area contributed by atoms with Crippen LogP contribution in [0, 0.1) is 11.8 Å². The SMILES string of the molecule is CC1CCN(C(=O)Nc2nnc(-c3ccco3)s2)CC1C. The quantitative estimate of drug-likeness (QED) is 0.924. The maximum Gasteiger partial charge on any atom is 0.323 e. The van der Waals surface area contributed by atoms with Crippen molar-refractivity contribution in [2.45, 2.75) is 20.3 Å². The topological polar surface area (TPSA) is 71.3 Å². The van der Waals surface area contributed by atoms with Crippen molar-refractivity contribution in [3.63, 3.8) is 0 Å². The number of hydrogen-bond donors (Lipinski definition) is 1. The molecule has 0 spiro atoms. The highest BCUT2D eigenvalue weighted by Crippen LogP contribution is 2.27. The first-order valence-electron chi connectivity index (χ1n) is 7.07. The number of likely N-dealkylation sites (tertiary alicyclic amines) is 1. The first kappa shape index (κ1) is 14.1. The first-order chi connectivity index (χ1) is 10.1. The largest absolute Gasteiger partial charge is 0.462 e. The van der Waals surface area contributed by atoms with E-state index in [1.807, 2.05) is 11.0 Å². The zero-order valence-electron chi connectivity index (χ0n) is 12.1. The molecular weight excluding hydrogens is 288 g/mol. The van der Waals surface area contributed by atoms with Crippen molar-refractivity contribution in [1.82, 2.24) is 15.1 Å². The highest BCUT2D eigenvalue weighted by atomic mass is 32.1. The molecule has 1 aliphatic heterocycles. The van der Waals surface area contributed by atoms with Crippen molar-refractivity contribution >= 4 is 22.5 Å². The molecular formula is C14H18N4O2S. The third-order valence-electron chi connectivity index (χ3n) is 3.99. The zero-order valence-corrected chi connectivity index (χ0v) is 12.9. The van der Waals surface area contributed by atoms with E-state index in [1.165, 1.54) is 11.3 Å². The lowest BCUT2D eigenvalue weighted by Crippen LogP contribution is -2.44. The number of furan rings is 1. The molecule has 21 heavy (non-hydrogen) atoms. The summed E-state index contributed by atoms with van der Waals surface area (Å²) in [5, 5.41) is 12.0. The number of carbonyl (C=O) groups excluding carboxylic acids is 1. The van der Waals surface area contributed by atoms with Crippen molar-refractivity contribution in [3.8, 4) is 10.8 Å². The Labute approximate surface area is 127 Å². The van der Waals surface area contributed by atoms with E-state index in [2.05, 4.69) is 29.4 Å². The summed E-state index contributed by atoms with van der Waals surface area (Å²) >= 11 is 1.31. The van der Waals surface area contributed by atoms with Crippen molar-refractivity contribution in [2.24, 2.45) is 11.8 Å². The van der Waals surface area contributed by atoms with Gasteiger partial charge in [0.05, 0.1) is 6.26 Å². The Morgan fingerprint density at radius 2 is 2.29 bits per heavy atom. The minimum absolute atomic E-state index is 0.101. The Kier molecular flexibility index (Phi) is 3.92. The van der Waals surface area contributed by atoms with Gasteiger partial charge in [-0.05, 0) is 30.4 Å². The number of carbonyl (C=O) groups is 1. The average Bonchev–Trinajstić information content (AvgIpc) is 3.12. The molecule has 1 saturated heterocycles. The van der Waals surface area contributed by atoms with Gasteiger partial charge in [0, 0.05) is 13.1 Å². The van der Waals surface area contributed by atoms with Gasteiger partial charge in [0.25, 0.3) is 0 Å². The van der Waals surface area contributed by atoms with Crippen LogP contribution in [0.25, 0.3) is 10.8 Å². The van der Waals surface area contributed by atoms with Crippen molar-refractivity contribution in [1.29, 1.82) is 0 Å². The molecule has 0 saturated carbocycles. The van der Waals surface area contributed by atoms with Crippen LogP contribution in [0.5, 0.6) is 0 Å². The molecule has 112 valence electrons. The number of amides is 2. The minimum Gasteiger partial charge on any atom is -0.462 e. The fourth-order valence-corrected chi connectivity index (χ4v) is 3.09. The highest BCUT2D eigenvalue weighted by molar-refractivity contribution is 7.18. The second-order valence-corrected chi connectivity index (χ2v) is 6.49. The predicted octanol–water partition coefficient (Wildman–Crippen LogP) is 3.31. The van der Waals surface area contributed by atoms with Gasteiger partial charge in [-0.2, -0.15) is 0 Å². The third-order valence-corrected chi connectivity index (χ3v) is 4.85. The minimum atomic E-state index is -0.101. The smallest absolute Gasteiger partial charge is 0.323 e. The van der Waals surface area contributed by atoms with Gasteiger partial charge in [0.1, 0.15) is 0 Å².